The monoisotopic (exact) mass is 303 g/mol. The maximum absolute atomic E-state index is 12.0. The number of nitrogens with zero attached hydrogens (tertiary/aromatic N) is 2. The molecule has 1 N–H and O–H groups in total. The minimum Gasteiger partial charge on any atom is -0.491 e. The predicted molar refractivity (Wildman–Crippen MR) is 83.0 cm³/mol. The van der Waals surface area contributed by atoms with Crippen LogP contribution < -0.4 is 10.1 Å². The molecule has 0 aliphatic carbocycles. The number of amides is 1. The van der Waals surface area contributed by atoms with Crippen LogP contribution >= 0.6 is 0 Å². The van der Waals surface area contributed by atoms with E-state index in [2.05, 4.69) is 15.5 Å². The van der Waals surface area contributed by atoms with E-state index in [9.17, 15) is 4.79 Å². The van der Waals surface area contributed by atoms with Gasteiger partial charge in [-0.05, 0) is 38.0 Å². The van der Waals surface area contributed by atoms with Gasteiger partial charge in [0, 0.05) is 12.8 Å². The van der Waals surface area contributed by atoms with E-state index in [1.807, 2.05) is 32.0 Å². The first kappa shape index (κ1) is 16.0. The van der Waals surface area contributed by atoms with Crippen LogP contribution in [0.3, 0.4) is 0 Å². The summed E-state index contributed by atoms with van der Waals surface area (Å²) in [6.45, 7) is 6.40. The molecular weight excluding hydrogens is 282 g/mol. The highest BCUT2D eigenvalue weighted by Gasteiger charge is 2.11. The Morgan fingerprint density at radius 2 is 2.18 bits per heavy atom. The van der Waals surface area contributed by atoms with Gasteiger partial charge in [-0.25, -0.2) is 0 Å². The summed E-state index contributed by atoms with van der Waals surface area (Å²) in [7, 11) is 0. The van der Waals surface area contributed by atoms with Gasteiger partial charge in [-0.3, -0.25) is 4.79 Å². The average molecular weight is 303 g/mol. The summed E-state index contributed by atoms with van der Waals surface area (Å²) < 4.78 is 10.7. The molecule has 0 spiro atoms. The molecule has 1 aromatic heterocycles. The SMILES string of the molecule is CCCOc1cc(C)ccc1NC(=O)CCc1nc(C)no1. The molecule has 1 heterocycles. The van der Waals surface area contributed by atoms with Gasteiger partial charge >= 0.3 is 0 Å². The van der Waals surface area contributed by atoms with Crippen LogP contribution in [0.4, 0.5) is 5.69 Å². The largest absolute Gasteiger partial charge is 0.491 e. The lowest BCUT2D eigenvalue weighted by Crippen LogP contribution is -2.13. The summed E-state index contributed by atoms with van der Waals surface area (Å²) in [5.74, 6) is 1.63. The highest BCUT2D eigenvalue weighted by molar-refractivity contribution is 5.92. The number of benzene rings is 1. The number of ether oxygens (including phenoxy) is 1. The lowest BCUT2D eigenvalue weighted by atomic mass is 10.2. The number of rotatable bonds is 7. The molecule has 6 nitrogen and oxygen atoms in total. The highest BCUT2D eigenvalue weighted by Crippen LogP contribution is 2.26. The van der Waals surface area contributed by atoms with Crippen LogP contribution in [0, 0.1) is 13.8 Å². The number of hydrogen-bond acceptors (Lipinski definition) is 5. The Morgan fingerprint density at radius 3 is 2.86 bits per heavy atom. The number of aryl methyl sites for hydroxylation is 3. The average Bonchev–Trinajstić information content (AvgIpc) is 2.91. The molecule has 22 heavy (non-hydrogen) atoms. The number of nitrogens with one attached hydrogen (secondary N) is 1. The summed E-state index contributed by atoms with van der Waals surface area (Å²) in [6.07, 6.45) is 1.62. The van der Waals surface area contributed by atoms with Gasteiger partial charge in [0.1, 0.15) is 5.75 Å². The van der Waals surface area contributed by atoms with Gasteiger partial charge < -0.3 is 14.6 Å². The Balaban J connectivity index is 1.95. The zero-order valence-corrected chi connectivity index (χ0v) is 13.2. The maximum atomic E-state index is 12.0. The summed E-state index contributed by atoms with van der Waals surface area (Å²) in [5, 5.41) is 6.57. The number of hydrogen-bond donors (Lipinski definition) is 1. The van der Waals surface area contributed by atoms with E-state index in [0.29, 0.717) is 36.2 Å². The minimum atomic E-state index is -0.110. The Hall–Kier alpha value is -2.37. The summed E-state index contributed by atoms with van der Waals surface area (Å²) in [5.41, 5.74) is 1.77. The lowest BCUT2D eigenvalue weighted by Gasteiger charge is -2.12. The molecule has 1 aromatic carbocycles. The van der Waals surface area contributed by atoms with Crippen LogP contribution in [-0.2, 0) is 11.2 Å². The van der Waals surface area contributed by atoms with Crippen molar-refractivity contribution in [2.45, 2.75) is 40.0 Å². The van der Waals surface area contributed by atoms with Gasteiger partial charge in [0.05, 0.1) is 12.3 Å². The van der Waals surface area contributed by atoms with E-state index in [1.54, 1.807) is 6.92 Å². The molecular formula is C16H21N3O3. The van der Waals surface area contributed by atoms with Crippen molar-refractivity contribution in [3.05, 3.63) is 35.5 Å². The maximum Gasteiger partial charge on any atom is 0.227 e. The molecule has 2 rings (SSSR count). The fourth-order valence-electron chi connectivity index (χ4n) is 1.94. The molecule has 0 atom stereocenters. The number of carbonyl (C=O) groups excluding carboxylic acids is 1. The van der Waals surface area contributed by atoms with Crippen molar-refractivity contribution in [1.29, 1.82) is 0 Å². The molecule has 0 bridgehead atoms. The smallest absolute Gasteiger partial charge is 0.227 e. The van der Waals surface area contributed by atoms with E-state index in [4.69, 9.17) is 9.26 Å². The zero-order chi connectivity index (χ0) is 15.9. The summed E-state index contributed by atoms with van der Waals surface area (Å²) >= 11 is 0. The first-order valence-electron chi connectivity index (χ1n) is 7.41. The van der Waals surface area contributed by atoms with Gasteiger partial charge in [-0.2, -0.15) is 4.98 Å². The van der Waals surface area contributed by atoms with Crippen LogP contribution in [0.1, 0.15) is 37.0 Å². The second kappa shape index (κ2) is 7.59. The van der Waals surface area contributed by atoms with Gasteiger partial charge in [0.2, 0.25) is 11.8 Å². The third kappa shape index (κ3) is 4.58. The van der Waals surface area contributed by atoms with Gasteiger partial charge in [0.15, 0.2) is 5.82 Å². The first-order chi connectivity index (χ1) is 10.6. The molecule has 1 amide bonds. The van der Waals surface area contributed by atoms with Crippen LogP contribution in [0.15, 0.2) is 22.7 Å². The van der Waals surface area contributed by atoms with Crippen molar-refractivity contribution in [1.82, 2.24) is 10.1 Å². The van der Waals surface area contributed by atoms with Crippen molar-refractivity contribution in [2.24, 2.45) is 0 Å². The first-order valence-corrected chi connectivity index (χ1v) is 7.41. The van der Waals surface area contributed by atoms with Crippen molar-refractivity contribution < 1.29 is 14.1 Å². The minimum absolute atomic E-state index is 0.110. The quantitative estimate of drug-likeness (QED) is 0.850. The van der Waals surface area contributed by atoms with Crippen LogP contribution in [0.2, 0.25) is 0 Å². The molecule has 2 aromatic rings. The normalized spacial score (nSPS) is 10.5. The van der Waals surface area contributed by atoms with Crippen molar-refractivity contribution in [2.75, 3.05) is 11.9 Å². The van der Waals surface area contributed by atoms with Gasteiger partial charge in [0.25, 0.3) is 0 Å². The number of aromatic nitrogens is 2. The van der Waals surface area contributed by atoms with Crippen molar-refractivity contribution >= 4 is 11.6 Å². The molecule has 0 aliphatic heterocycles. The predicted octanol–water partition coefficient (Wildman–Crippen LogP) is 3.05. The van der Waals surface area contributed by atoms with E-state index in [0.717, 1.165) is 12.0 Å². The standard InChI is InChI=1S/C16H21N3O3/c1-4-9-21-14-10-11(2)5-6-13(14)18-15(20)7-8-16-17-12(3)19-22-16/h5-6,10H,4,7-9H2,1-3H3,(H,18,20). The van der Waals surface area contributed by atoms with Crippen molar-refractivity contribution in [3.63, 3.8) is 0 Å². The molecule has 6 heteroatoms. The van der Waals surface area contributed by atoms with Crippen LogP contribution in [0.5, 0.6) is 5.75 Å². The van der Waals surface area contributed by atoms with E-state index < -0.39 is 0 Å². The Morgan fingerprint density at radius 1 is 1.36 bits per heavy atom. The summed E-state index contributed by atoms with van der Waals surface area (Å²) in [6, 6.07) is 5.72. The molecule has 0 saturated heterocycles. The van der Waals surface area contributed by atoms with E-state index >= 15 is 0 Å². The molecule has 0 saturated carbocycles. The molecule has 118 valence electrons. The molecule has 0 fully saturated rings. The van der Waals surface area contributed by atoms with Gasteiger partial charge in [-0.1, -0.05) is 18.1 Å². The third-order valence-electron chi connectivity index (χ3n) is 3.01. The third-order valence-corrected chi connectivity index (χ3v) is 3.01. The van der Waals surface area contributed by atoms with Gasteiger partial charge in [-0.15, -0.1) is 0 Å². The topological polar surface area (TPSA) is 77.2 Å². The fourth-order valence-corrected chi connectivity index (χ4v) is 1.94. The highest BCUT2D eigenvalue weighted by atomic mass is 16.5. The molecule has 0 aliphatic rings. The Kier molecular flexibility index (Phi) is 5.52. The fraction of sp³-hybridized carbons (Fsp3) is 0.438. The summed E-state index contributed by atoms with van der Waals surface area (Å²) in [4.78, 5) is 16.1. The number of carbonyl (C=O) groups is 1. The van der Waals surface area contributed by atoms with Crippen molar-refractivity contribution in [3.8, 4) is 5.75 Å². The molecule has 0 unspecified atom stereocenters. The second-order valence-electron chi connectivity index (χ2n) is 5.13. The van der Waals surface area contributed by atoms with Crippen LogP contribution in [-0.4, -0.2) is 22.7 Å². The second-order valence-corrected chi connectivity index (χ2v) is 5.13. The van der Waals surface area contributed by atoms with E-state index in [-0.39, 0.29) is 12.3 Å². The Labute approximate surface area is 129 Å². The Bertz CT molecular complexity index is 637. The number of anilines is 1. The lowest BCUT2D eigenvalue weighted by molar-refractivity contribution is -0.116. The van der Waals surface area contributed by atoms with E-state index in [1.165, 1.54) is 0 Å². The van der Waals surface area contributed by atoms with Crippen LogP contribution in [0.25, 0.3) is 0 Å². The zero-order valence-electron chi connectivity index (χ0n) is 13.2. The molecule has 0 radical (unpaired) electrons.